The quantitative estimate of drug-likeness (QED) is 0.518. The van der Waals surface area contributed by atoms with Gasteiger partial charge in [-0.25, -0.2) is 4.98 Å². The molecule has 0 saturated heterocycles. The SMILES string of the molecule is Cc1cc(N)c2oc(-c3ccc4ccccc4c3)nc2c1. The van der Waals surface area contributed by atoms with Gasteiger partial charge in [0.15, 0.2) is 5.58 Å². The Hall–Kier alpha value is -2.81. The van der Waals surface area contributed by atoms with Gasteiger partial charge in [0, 0.05) is 5.56 Å². The highest BCUT2D eigenvalue weighted by molar-refractivity contribution is 5.90. The Morgan fingerprint density at radius 2 is 1.76 bits per heavy atom. The van der Waals surface area contributed by atoms with Crippen LogP contribution in [0.1, 0.15) is 5.56 Å². The van der Waals surface area contributed by atoms with E-state index in [4.69, 9.17) is 10.2 Å². The summed E-state index contributed by atoms with van der Waals surface area (Å²) in [6.45, 7) is 2.00. The summed E-state index contributed by atoms with van der Waals surface area (Å²) in [5.74, 6) is 0.605. The van der Waals surface area contributed by atoms with Crippen LogP contribution in [0.4, 0.5) is 5.69 Å². The maximum atomic E-state index is 6.01. The predicted molar refractivity (Wildman–Crippen MR) is 86.1 cm³/mol. The van der Waals surface area contributed by atoms with E-state index in [9.17, 15) is 0 Å². The van der Waals surface area contributed by atoms with Gasteiger partial charge in [-0.3, -0.25) is 0 Å². The summed E-state index contributed by atoms with van der Waals surface area (Å²) in [6, 6.07) is 18.3. The van der Waals surface area contributed by atoms with Crippen molar-refractivity contribution in [1.82, 2.24) is 4.98 Å². The van der Waals surface area contributed by atoms with Crippen LogP contribution in [-0.4, -0.2) is 4.98 Å². The van der Waals surface area contributed by atoms with Crippen LogP contribution in [0.2, 0.25) is 0 Å². The average molecular weight is 274 g/mol. The summed E-state index contributed by atoms with van der Waals surface area (Å²) in [5.41, 5.74) is 10.1. The molecule has 0 aliphatic carbocycles. The maximum Gasteiger partial charge on any atom is 0.227 e. The number of rotatable bonds is 1. The molecule has 0 aliphatic rings. The number of aryl methyl sites for hydroxylation is 1. The van der Waals surface area contributed by atoms with Crippen LogP contribution in [0.5, 0.6) is 0 Å². The molecule has 2 N–H and O–H groups in total. The number of anilines is 1. The highest BCUT2D eigenvalue weighted by Crippen LogP contribution is 2.30. The minimum absolute atomic E-state index is 0.605. The lowest BCUT2D eigenvalue weighted by Crippen LogP contribution is -1.86. The molecule has 3 heteroatoms. The largest absolute Gasteiger partial charge is 0.434 e. The Balaban J connectivity index is 1.93. The summed E-state index contributed by atoms with van der Waals surface area (Å²) >= 11 is 0. The minimum Gasteiger partial charge on any atom is -0.434 e. The monoisotopic (exact) mass is 274 g/mol. The number of oxazole rings is 1. The molecule has 1 aromatic heterocycles. The number of fused-ring (bicyclic) bond motifs is 2. The molecule has 0 radical (unpaired) electrons. The topological polar surface area (TPSA) is 52.0 Å². The molecule has 0 amide bonds. The van der Waals surface area contributed by atoms with Gasteiger partial charge in [-0.1, -0.05) is 30.3 Å². The van der Waals surface area contributed by atoms with Crippen molar-refractivity contribution in [2.45, 2.75) is 6.92 Å². The zero-order valence-corrected chi connectivity index (χ0v) is 11.6. The van der Waals surface area contributed by atoms with Crippen molar-refractivity contribution in [1.29, 1.82) is 0 Å². The van der Waals surface area contributed by atoms with Crippen molar-refractivity contribution in [2.75, 3.05) is 5.73 Å². The summed E-state index contributed by atoms with van der Waals surface area (Å²) in [4.78, 5) is 4.56. The molecule has 1 heterocycles. The lowest BCUT2D eigenvalue weighted by Gasteiger charge is -1.99. The van der Waals surface area contributed by atoms with Gasteiger partial charge in [-0.15, -0.1) is 0 Å². The standard InChI is InChI=1S/C18H14N2O/c1-11-8-15(19)17-16(9-11)20-18(21-17)14-7-6-12-4-2-3-5-13(12)10-14/h2-10H,19H2,1H3. The van der Waals surface area contributed by atoms with Crippen molar-refractivity contribution < 1.29 is 4.42 Å². The highest BCUT2D eigenvalue weighted by atomic mass is 16.3. The van der Waals surface area contributed by atoms with Crippen LogP contribution in [0.25, 0.3) is 33.3 Å². The Kier molecular flexibility index (Phi) is 2.48. The molecule has 102 valence electrons. The predicted octanol–water partition coefficient (Wildman–Crippen LogP) is 4.54. The van der Waals surface area contributed by atoms with E-state index < -0.39 is 0 Å². The molecule has 3 aromatic carbocycles. The Morgan fingerprint density at radius 3 is 2.62 bits per heavy atom. The molecule has 0 atom stereocenters. The van der Waals surface area contributed by atoms with Gasteiger partial charge in [-0.05, 0) is 47.5 Å². The third-order valence-corrected chi connectivity index (χ3v) is 3.66. The number of aromatic nitrogens is 1. The van der Waals surface area contributed by atoms with E-state index in [1.165, 1.54) is 10.8 Å². The molecule has 0 unspecified atom stereocenters. The van der Waals surface area contributed by atoms with Gasteiger partial charge in [0.1, 0.15) is 5.52 Å². The fraction of sp³-hybridized carbons (Fsp3) is 0.0556. The van der Waals surface area contributed by atoms with E-state index in [1.54, 1.807) is 0 Å². The molecular formula is C18H14N2O. The lowest BCUT2D eigenvalue weighted by molar-refractivity contribution is 0.621. The van der Waals surface area contributed by atoms with Crippen molar-refractivity contribution in [3.8, 4) is 11.5 Å². The Bertz CT molecular complexity index is 969. The maximum absolute atomic E-state index is 6.01. The lowest BCUT2D eigenvalue weighted by atomic mass is 10.1. The van der Waals surface area contributed by atoms with Gasteiger partial charge in [0.2, 0.25) is 5.89 Å². The molecule has 21 heavy (non-hydrogen) atoms. The molecule has 3 nitrogen and oxygen atoms in total. The highest BCUT2D eigenvalue weighted by Gasteiger charge is 2.11. The van der Waals surface area contributed by atoms with Crippen molar-refractivity contribution in [3.63, 3.8) is 0 Å². The van der Waals surface area contributed by atoms with Crippen molar-refractivity contribution >= 4 is 27.6 Å². The van der Waals surface area contributed by atoms with E-state index in [1.807, 2.05) is 37.3 Å². The van der Waals surface area contributed by atoms with E-state index in [0.717, 1.165) is 16.6 Å². The zero-order valence-electron chi connectivity index (χ0n) is 11.6. The van der Waals surface area contributed by atoms with Gasteiger partial charge in [0.05, 0.1) is 5.69 Å². The van der Waals surface area contributed by atoms with E-state index >= 15 is 0 Å². The molecule has 4 rings (SSSR count). The zero-order chi connectivity index (χ0) is 14.4. The summed E-state index contributed by atoms with van der Waals surface area (Å²) in [7, 11) is 0. The molecule has 0 saturated carbocycles. The van der Waals surface area contributed by atoms with E-state index in [2.05, 4.69) is 29.2 Å². The number of nitrogens with zero attached hydrogens (tertiary/aromatic N) is 1. The van der Waals surface area contributed by atoms with Crippen LogP contribution in [0, 0.1) is 6.92 Å². The van der Waals surface area contributed by atoms with Crippen LogP contribution in [0.15, 0.2) is 59.0 Å². The van der Waals surface area contributed by atoms with Crippen LogP contribution >= 0.6 is 0 Å². The van der Waals surface area contributed by atoms with Gasteiger partial charge in [-0.2, -0.15) is 0 Å². The molecule has 4 aromatic rings. The first kappa shape index (κ1) is 12.0. The molecular weight excluding hydrogens is 260 g/mol. The number of nitrogens with two attached hydrogens (primary N) is 1. The first-order valence-electron chi connectivity index (χ1n) is 6.86. The minimum atomic E-state index is 0.605. The summed E-state index contributed by atoms with van der Waals surface area (Å²) in [5, 5.41) is 2.37. The smallest absolute Gasteiger partial charge is 0.227 e. The number of hydrogen-bond donors (Lipinski definition) is 1. The molecule has 0 spiro atoms. The first-order chi connectivity index (χ1) is 10.2. The number of hydrogen-bond acceptors (Lipinski definition) is 3. The van der Waals surface area contributed by atoms with E-state index in [0.29, 0.717) is 17.2 Å². The average Bonchev–Trinajstić information content (AvgIpc) is 2.91. The second-order valence-corrected chi connectivity index (χ2v) is 5.28. The number of benzene rings is 3. The van der Waals surface area contributed by atoms with E-state index in [-0.39, 0.29) is 0 Å². The third kappa shape index (κ3) is 1.94. The first-order valence-corrected chi connectivity index (χ1v) is 6.86. The summed E-state index contributed by atoms with van der Waals surface area (Å²) in [6.07, 6.45) is 0. The third-order valence-electron chi connectivity index (χ3n) is 3.66. The van der Waals surface area contributed by atoms with Crippen LogP contribution < -0.4 is 5.73 Å². The normalized spacial score (nSPS) is 11.3. The Labute approximate surface area is 122 Å². The second-order valence-electron chi connectivity index (χ2n) is 5.28. The van der Waals surface area contributed by atoms with Gasteiger partial charge < -0.3 is 10.2 Å². The van der Waals surface area contributed by atoms with Gasteiger partial charge in [0.25, 0.3) is 0 Å². The Morgan fingerprint density at radius 1 is 0.952 bits per heavy atom. The molecule has 0 bridgehead atoms. The van der Waals surface area contributed by atoms with Gasteiger partial charge >= 0.3 is 0 Å². The molecule has 0 aliphatic heterocycles. The second kappa shape index (κ2) is 4.35. The molecule has 0 fully saturated rings. The fourth-order valence-corrected chi connectivity index (χ4v) is 2.65. The summed E-state index contributed by atoms with van der Waals surface area (Å²) < 4.78 is 5.85. The number of nitrogen functional groups attached to an aromatic ring is 1. The van der Waals surface area contributed by atoms with Crippen LogP contribution in [0.3, 0.4) is 0 Å². The van der Waals surface area contributed by atoms with Crippen LogP contribution in [-0.2, 0) is 0 Å². The van der Waals surface area contributed by atoms with Crippen molar-refractivity contribution in [3.05, 3.63) is 60.2 Å². The fourth-order valence-electron chi connectivity index (χ4n) is 2.65. The van der Waals surface area contributed by atoms with Crippen molar-refractivity contribution in [2.24, 2.45) is 0 Å².